The third-order valence-electron chi connectivity index (χ3n) is 4.64. The van der Waals surface area contributed by atoms with E-state index in [2.05, 4.69) is 60.8 Å². The fourth-order valence-corrected chi connectivity index (χ4v) is 3.64. The molecule has 0 bridgehead atoms. The molecule has 134 valence electrons. The van der Waals surface area contributed by atoms with Crippen LogP contribution in [-0.2, 0) is 0 Å². The Morgan fingerprint density at radius 2 is 1.92 bits per heavy atom. The Balaban J connectivity index is 1.38. The Kier molecular flexibility index (Phi) is 4.46. The Hall–Kier alpha value is -2.67. The number of aromatic nitrogens is 3. The van der Waals surface area contributed by atoms with Gasteiger partial charge in [-0.25, -0.2) is 9.97 Å². The highest BCUT2D eigenvalue weighted by Crippen LogP contribution is 2.18. The maximum atomic E-state index is 5.59. The van der Waals surface area contributed by atoms with E-state index in [4.69, 9.17) is 12.2 Å². The van der Waals surface area contributed by atoms with Gasteiger partial charge in [-0.3, -0.25) is 0 Å². The average molecular weight is 366 g/mol. The van der Waals surface area contributed by atoms with Crippen LogP contribution in [0.25, 0.3) is 5.65 Å². The molecule has 1 fully saturated rings. The van der Waals surface area contributed by atoms with E-state index < -0.39 is 0 Å². The van der Waals surface area contributed by atoms with Crippen LogP contribution in [0.15, 0.2) is 42.9 Å². The second-order valence-electron chi connectivity index (χ2n) is 6.66. The minimum atomic E-state index is 0.743. The molecule has 1 aliphatic rings. The van der Waals surface area contributed by atoms with Gasteiger partial charge in [-0.1, -0.05) is 0 Å². The summed E-state index contributed by atoms with van der Waals surface area (Å²) in [6.45, 7) is 7.71. The topological polar surface area (TPSA) is 48.7 Å². The molecule has 3 aromatic heterocycles. The van der Waals surface area contributed by atoms with Crippen molar-refractivity contribution in [1.29, 1.82) is 0 Å². The van der Waals surface area contributed by atoms with Crippen LogP contribution in [0.2, 0.25) is 0 Å². The number of anilines is 2. The Morgan fingerprint density at radius 1 is 1.12 bits per heavy atom. The number of imidazole rings is 1. The maximum absolute atomic E-state index is 5.59. The number of hydrogen-bond donors (Lipinski definition) is 1. The first-order chi connectivity index (χ1) is 12.6. The minimum Gasteiger partial charge on any atom is -0.367 e. The van der Waals surface area contributed by atoms with Crippen LogP contribution < -0.4 is 10.2 Å². The first kappa shape index (κ1) is 16.8. The number of thiocarbonyl (C=S) groups is 1. The van der Waals surface area contributed by atoms with E-state index in [0.29, 0.717) is 0 Å². The van der Waals surface area contributed by atoms with Crippen molar-refractivity contribution in [3.8, 4) is 0 Å². The SMILES string of the molecule is Cc1cc(C)nc(NC(=S)N2CCN(c3ccc4nccn4c3)CC2)c1. The smallest absolute Gasteiger partial charge is 0.174 e. The molecule has 0 atom stereocenters. The van der Waals surface area contributed by atoms with E-state index >= 15 is 0 Å². The summed E-state index contributed by atoms with van der Waals surface area (Å²) in [5.41, 5.74) is 4.36. The molecule has 4 rings (SSSR count). The van der Waals surface area contributed by atoms with Crippen molar-refractivity contribution in [1.82, 2.24) is 19.3 Å². The van der Waals surface area contributed by atoms with E-state index in [1.165, 1.54) is 11.3 Å². The number of hydrogen-bond acceptors (Lipinski definition) is 4. The summed E-state index contributed by atoms with van der Waals surface area (Å²) in [5, 5.41) is 4.03. The maximum Gasteiger partial charge on any atom is 0.174 e. The molecule has 0 aromatic carbocycles. The molecule has 0 amide bonds. The molecule has 6 nitrogen and oxygen atoms in total. The zero-order valence-corrected chi connectivity index (χ0v) is 15.8. The van der Waals surface area contributed by atoms with Crippen molar-refractivity contribution in [2.75, 3.05) is 36.4 Å². The minimum absolute atomic E-state index is 0.743. The Labute approximate surface area is 158 Å². The number of nitrogens with one attached hydrogen (secondary N) is 1. The van der Waals surface area contributed by atoms with Crippen molar-refractivity contribution in [3.63, 3.8) is 0 Å². The Bertz CT molecular complexity index is 922. The van der Waals surface area contributed by atoms with Crippen molar-refractivity contribution in [3.05, 3.63) is 54.1 Å². The summed E-state index contributed by atoms with van der Waals surface area (Å²) in [7, 11) is 0. The van der Waals surface area contributed by atoms with Gasteiger partial charge in [-0.05, 0) is 55.9 Å². The molecule has 0 saturated carbocycles. The highest BCUT2D eigenvalue weighted by atomic mass is 32.1. The molecule has 0 radical (unpaired) electrons. The van der Waals surface area contributed by atoms with E-state index in [-0.39, 0.29) is 0 Å². The highest BCUT2D eigenvalue weighted by Gasteiger charge is 2.20. The largest absolute Gasteiger partial charge is 0.367 e. The lowest BCUT2D eigenvalue weighted by Crippen LogP contribution is -2.50. The summed E-state index contributed by atoms with van der Waals surface area (Å²) < 4.78 is 2.06. The summed E-state index contributed by atoms with van der Waals surface area (Å²) in [4.78, 5) is 13.4. The number of rotatable bonds is 2. The number of piperazine rings is 1. The molecule has 26 heavy (non-hydrogen) atoms. The quantitative estimate of drug-likeness (QED) is 0.704. The van der Waals surface area contributed by atoms with Crippen LogP contribution in [0.5, 0.6) is 0 Å². The summed E-state index contributed by atoms with van der Waals surface area (Å²) >= 11 is 5.59. The molecule has 0 spiro atoms. The third-order valence-corrected chi connectivity index (χ3v) is 5.00. The van der Waals surface area contributed by atoms with E-state index in [9.17, 15) is 0 Å². The molecule has 1 saturated heterocycles. The second-order valence-corrected chi connectivity index (χ2v) is 7.04. The fourth-order valence-electron chi connectivity index (χ4n) is 3.36. The van der Waals surface area contributed by atoms with E-state index in [1.54, 1.807) is 0 Å². The lowest BCUT2D eigenvalue weighted by atomic mass is 10.2. The van der Waals surface area contributed by atoms with Gasteiger partial charge in [0.25, 0.3) is 0 Å². The van der Waals surface area contributed by atoms with Crippen molar-refractivity contribution in [2.45, 2.75) is 13.8 Å². The van der Waals surface area contributed by atoms with Gasteiger partial charge in [0.05, 0.1) is 5.69 Å². The van der Waals surface area contributed by atoms with Gasteiger partial charge in [0.1, 0.15) is 11.5 Å². The van der Waals surface area contributed by atoms with Crippen LogP contribution in [0.3, 0.4) is 0 Å². The van der Waals surface area contributed by atoms with Gasteiger partial charge in [0.15, 0.2) is 5.11 Å². The third kappa shape index (κ3) is 3.48. The van der Waals surface area contributed by atoms with Crippen LogP contribution in [-0.4, -0.2) is 50.6 Å². The summed E-state index contributed by atoms with van der Waals surface area (Å²) in [6.07, 6.45) is 5.93. The number of aryl methyl sites for hydroxylation is 2. The lowest BCUT2D eigenvalue weighted by molar-refractivity contribution is 0.390. The van der Waals surface area contributed by atoms with Gasteiger partial charge >= 0.3 is 0 Å². The summed E-state index contributed by atoms with van der Waals surface area (Å²) in [5.74, 6) is 0.820. The van der Waals surface area contributed by atoms with Crippen molar-refractivity contribution < 1.29 is 0 Å². The van der Waals surface area contributed by atoms with E-state index in [0.717, 1.165) is 48.5 Å². The van der Waals surface area contributed by atoms with E-state index in [1.807, 2.05) is 25.4 Å². The molecule has 0 aliphatic carbocycles. The number of pyridine rings is 2. The lowest BCUT2D eigenvalue weighted by Gasteiger charge is -2.37. The standard InChI is InChI=1S/C19H22N6S/c1-14-11-15(2)21-17(12-14)22-19(26)24-9-7-23(8-10-24)16-3-4-18-20-5-6-25(18)13-16/h3-6,11-13H,7-10H2,1-2H3,(H,21,22,26). The molecular formula is C19H22N6S. The van der Waals surface area contributed by atoms with Crippen molar-refractivity contribution >= 4 is 34.5 Å². The molecule has 4 heterocycles. The van der Waals surface area contributed by atoms with Gasteiger partial charge < -0.3 is 19.5 Å². The van der Waals surface area contributed by atoms with Crippen LogP contribution >= 0.6 is 12.2 Å². The zero-order chi connectivity index (χ0) is 18.1. The van der Waals surface area contributed by atoms with Gasteiger partial charge in [0, 0.05) is 50.5 Å². The zero-order valence-electron chi connectivity index (χ0n) is 15.0. The van der Waals surface area contributed by atoms with Gasteiger partial charge in [-0.2, -0.15) is 0 Å². The molecule has 3 aromatic rings. The van der Waals surface area contributed by atoms with Gasteiger partial charge in [0.2, 0.25) is 0 Å². The van der Waals surface area contributed by atoms with Gasteiger partial charge in [-0.15, -0.1) is 0 Å². The first-order valence-corrected chi connectivity index (χ1v) is 9.18. The molecule has 7 heteroatoms. The average Bonchev–Trinajstić information content (AvgIpc) is 3.08. The first-order valence-electron chi connectivity index (χ1n) is 8.77. The van der Waals surface area contributed by atoms with Crippen molar-refractivity contribution in [2.24, 2.45) is 0 Å². The highest BCUT2D eigenvalue weighted by molar-refractivity contribution is 7.80. The molecule has 0 unspecified atom stereocenters. The van der Waals surface area contributed by atoms with Crippen LogP contribution in [0.4, 0.5) is 11.5 Å². The number of nitrogens with zero attached hydrogens (tertiary/aromatic N) is 5. The normalized spacial score (nSPS) is 14.7. The number of fused-ring (bicyclic) bond motifs is 1. The van der Waals surface area contributed by atoms with Crippen LogP contribution in [0, 0.1) is 13.8 Å². The second kappa shape index (κ2) is 6.92. The monoisotopic (exact) mass is 366 g/mol. The molecular weight excluding hydrogens is 344 g/mol. The van der Waals surface area contributed by atoms with Crippen LogP contribution in [0.1, 0.15) is 11.3 Å². The summed E-state index contributed by atoms with van der Waals surface area (Å²) in [6, 6.07) is 8.27. The predicted molar refractivity (Wildman–Crippen MR) is 109 cm³/mol. The fraction of sp³-hybridized carbons (Fsp3) is 0.316. The molecule has 1 N–H and O–H groups in total. The molecule has 1 aliphatic heterocycles. The predicted octanol–water partition coefficient (Wildman–Crippen LogP) is 2.87. The Morgan fingerprint density at radius 3 is 2.69 bits per heavy atom.